The Morgan fingerprint density at radius 3 is 2.19 bits per heavy atom. The molecule has 0 aromatic heterocycles. The first-order valence-corrected chi connectivity index (χ1v) is 12.3. The lowest BCUT2D eigenvalue weighted by Crippen LogP contribution is -2.61. The summed E-state index contributed by atoms with van der Waals surface area (Å²) < 4.78 is 4.88. The van der Waals surface area contributed by atoms with Crippen molar-refractivity contribution in [3.8, 4) is 0 Å². The van der Waals surface area contributed by atoms with Gasteiger partial charge in [0.2, 0.25) is 0 Å². The lowest BCUT2D eigenvalue weighted by Gasteiger charge is -2.68. The third-order valence-corrected chi connectivity index (χ3v) is 10.8. The number of fused-ring (bicyclic) bond motifs is 3. The van der Waals surface area contributed by atoms with Gasteiger partial charge in [-0.3, -0.25) is 0 Å². The second-order valence-electron chi connectivity index (χ2n) is 12.4. The fourth-order valence-corrected chi connectivity index (χ4v) is 8.31. The molecule has 5 atom stereocenters. The first-order chi connectivity index (χ1) is 14.4. The van der Waals surface area contributed by atoms with E-state index in [0.717, 1.165) is 11.8 Å². The van der Waals surface area contributed by atoms with E-state index < -0.39 is 0 Å². The van der Waals surface area contributed by atoms with Gasteiger partial charge < -0.3 is 4.74 Å². The number of hydrogen-bond acceptors (Lipinski definition) is 2. The van der Waals surface area contributed by atoms with Crippen molar-refractivity contribution in [1.82, 2.24) is 0 Å². The topological polar surface area (TPSA) is 26.3 Å². The Morgan fingerprint density at radius 2 is 1.58 bits per heavy atom. The first-order valence-electron chi connectivity index (χ1n) is 12.3. The van der Waals surface area contributed by atoms with Crippen LogP contribution in [0.15, 0.2) is 30.3 Å². The number of carbonyl (C=O) groups excluding carboxylic acids is 1. The van der Waals surface area contributed by atoms with E-state index in [1.54, 1.807) is 0 Å². The quantitative estimate of drug-likeness (QED) is 0.455. The van der Waals surface area contributed by atoms with E-state index in [9.17, 15) is 4.79 Å². The van der Waals surface area contributed by atoms with E-state index in [0.29, 0.717) is 27.7 Å². The van der Waals surface area contributed by atoms with Crippen molar-refractivity contribution in [2.45, 2.75) is 80.6 Å². The summed E-state index contributed by atoms with van der Waals surface area (Å²) in [4.78, 5) is 11.9. The van der Waals surface area contributed by atoms with Crippen LogP contribution in [0.3, 0.4) is 0 Å². The van der Waals surface area contributed by atoms with E-state index in [4.69, 9.17) is 4.74 Å². The van der Waals surface area contributed by atoms with E-state index in [1.165, 1.54) is 50.4 Å². The van der Waals surface area contributed by atoms with E-state index in [-0.39, 0.29) is 11.4 Å². The van der Waals surface area contributed by atoms with E-state index in [2.05, 4.69) is 66.7 Å². The number of methoxy groups -OCH3 is 1. The SMILES string of the molecule is COC(=O)c1ccc(C2=CC[C@]3(C)[C@H]4CC[C@H](C)C(C)(C)[C@]4(C)CC[C@H]3C2(C)C)cc1. The van der Waals surface area contributed by atoms with Crippen molar-refractivity contribution in [2.24, 2.45) is 39.4 Å². The Bertz CT molecular complexity index is 890. The van der Waals surface area contributed by atoms with Gasteiger partial charge in [-0.05, 0) is 94.8 Å². The molecule has 0 saturated heterocycles. The average molecular weight is 423 g/mol. The fourth-order valence-electron chi connectivity index (χ4n) is 8.31. The largest absolute Gasteiger partial charge is 0.465 e. The number of rotatable bonds is 2. The summed E-state index contributed by atoms with van der Waals surface area (Å²) in [7, 11) is 1.44. The summed E-state index contributed by atoms with van der Waals surface area (Å²) in [5.41, 5.74) is 4.61. The first kappa shape index (κ1) is 22.6. The summed E-state index contributed by atoms with van der Waals surface area (Å²) in [5, 5.41) is 0. The van der Waals surface area contributed by atoms with Crippen molar-refractivity contribution in [3.05, 3.63) is 41.5 Å². The zero-order chi connectivity index (χ0) is 22.8. The third-order valence-electron chi connectivity index (χ3n) is 10.8. The molecule has 2 fully saturated rings. The number of ether oxygens (including phenoxy) is 1. The summed E-state index contributed by atoms with van der Waals surface area (Å²) in [6.07, 6.45) is 9.10. The Morgan fingerprint density at radius 1 is 0.935 bits per heavy atom. The maximum Gasteiger partial charge on any atom is 0.337 e. The second kappa shape index (κ2) is 7.22. The van der Waals surface area contributed by atoms with Crippen LogP contribution in [0.1, 0.15) is 96.5 Å². The minimum Gasteiger partial charge on any atom is -0.465 e. The van der Waals surface area contributed by atoms with Gasteiger partial charge in [0.05, 0.1) is 12.7 Å². The standard InChI is InChI=1S/C29H42O2/c1-19-9-14-24-28(6)17-15-22(20-10-12-21(13-11-20)25(30)31-8)26(2,3)23(28)16-18-29(24,7)27(19,4)5/h10-13,15,19,23-24H,9,14,16-18H2,1-8H3/t19-,23-,24+,28-,29+/m0/s1. The highest BCUT2D eigenvalue weighted by Gasteiger charge is 2.64. The van der Waals surface area contributed by atoms with Crippen LogP contribution in [-0.4, -0.2) is 13.1 Å². The van der Waals surface area contributed by atoms with Crippen LogP contribution in [0.25, 0.3) is 5.57 Å². The van der Waals surface area contributed by atoms with Crippen molar-refractivity contribution in [3.63, 3.8) is 0 Å². The molecule has 1 aromatic carbocycles. The fraction of sp³-hybridized carbons (Fsp3) is 0.690. The van der Waals surface area contributed by atoms with Crippen LogP contribution >= 0.6 is 0 Å². The molecule has 0 spiro atoms. The summed E-state index contributed by atoms with van der Waals surface area (Å²) >= 11 is 0. The normalized spacial score (nSPS) is 38.5. The van der Waals surface area contributed by atoms with Crippen LogP contribution in [0.5, 0.6) is 0 Å². The molecule has 0 bridgehead atoms. The molecule has 2 nitrogen and oxygen atoms in total. The highest BCUT2D eigenvalue weighted by atomic mass is 16.5. The van der Waals surface area contributed by atoms with Gasteiger partial charge in [-0.2, -0.15) is 0 Å². The molecular weight excluding hydrogens is 380 g/mol. The maximum atomic E-state index is 11.9. The lowest BCUT2D eigenvalue weighted by molar-refractivity contribution is -0.180. The summed E-state index contributed by atoms with van der Waals surface area (Å²) in [6.45, 7) is 17.7. The Kier molecular flexibility index (Phi) is 5.27. The number of esters is 1. The molecule has 170 valence electrons. The van der Waals surface area contributed by atoms with Gasteiger partial charge in [-0.1, -0.05) is 66.7 Å². The molecule has 0 N–H and O–H groups in total. The smallest absolute Gasteiger partial charge is 0.337 e. The summed E-state index contributed by atoms with van der Waals surface area (Å²) in [5.74, 6) is 1.99. The molecular formula is C29H42O2. The van der Waals surface area contributed by atoms with Crippen molar-refractivity contribution >= 4 is 11.5 Å². The van der Waals surface area contributed by atoms with Gasteiger partial charge in [0, 0.05) is 0 Å². The van der Waals surface area contributed by atoms with Gasteiger partial charge >= 0.3 is 5.97 Å². The number of carbonyl (C=O) groups is 1. The Hall–Kier alpha value is -1.57. The zero-order valence-electron chi connectivity index (χ0n) is 21.0. The molecule has 1 aromatic rings. The molecule has 31 heavy (non-hydrogen) atoms. The van der Waals surface area contributed by atoms with Crippen LogP contribution < -0.4 is 0 Å². The van der Waals surface area contributed by atoms with Crippen LogP contribution in [0.2, 0.25) is 0 Å². The predicted octanol–water partition coefficient (Wildman–Crippen LogP) is 7.78. The molecule has 0 amide bonds. The minimum atomic E-state index is -0.267. The molecule has 0 radical (unpaired) electrons. The van der Waals surface area contributed by atoms with Gasteiger partial charge in [0.25, 0.3) is 0 Å². The summed E-state index contributed by atoms with van der Waals surface area (Å²) in [6, 6.07) is 8.05. The number of benzene rings is 1. The molecule has 0 aliphatic heterocycles. The van der Waals surface area contributed by atoms with Gasteiger partial charge in [0.1, 0.15) is 0 Å². The molecule has 3 aliphatic carbocycles. The van der Waals surface area contributed by atoms with Crippen LogP contribution in [-0.2, 0) is 4.74 Å². The average Bonchev–Trinajstić information content (AvgIpc) is 2.71. The monoisotopic (exact) mass is 422 g/mol. The number of hydrogen-bond donors (Lipinski definition) is 0. The molecule has 3 aliphatic rings. The molecule has 4 rings (SSSR count). The third kappa shape index (κ3) is 3.07. The van der Waals surface area contributed by atoms with E-state index >= 15 is 0 Å². The minimum absolute atomic E-state index is 0.119. The Balaban J connectivity index is 1.72. The second-order valence-corrected chi connectivity index (χ2v) is 12.4. The Labute approximate surface area is 189 Å². The maximum absolute atomic E-state index is 11.9. The lowest BCUT2D eigenvalue weighted by atomic mass is 9.36. The molecule has 0 heterocycles. The van der Waals surface area contributed by atoms with E-state index in [1.807, 2.05) is 12.1 Å². The predicted molar refractivity (Wildman–Crippen MR) is 129 cm³/mol. The molecule has 2 saturated carbocycles. The van der Waals surface area contributed by atoms with Crippen molar-refractivity contribution < 1.29 is 9.53 Å². The zero-order valence-corrected chi connectivity index (χ0v) is 21.0. The van der Waals surface area contributed by atoms with Gasteiger partial charge in [-0.25, -0.2) is 4.79 Å². The van der Waals surface area contributed by atoms with Crippen molar-refractivity contribution in [1.29, 1.82) is 0 Å². The van der Waals surface area contributed by atoms with Crippen LogP contribution in [0.4, 0.5) is 0 Å². The highest BCUT2D eigenvalue weighted by molar-refractivity contribution is 5.89. The van der Waals surface area contributed by atoms with Gasteiger partial charge in [0.15, 0.2) is 0 Å². The molecule has 0 unspecified atom stereocenters. The van der Waals surface area contributed by atoms with Crippen molar-refractivity contribution in [2.75, 3.05) is 7.11 Å². The van der Waals surface area contributed by atoms with Gasteiger partial charge in [-0.15, -0.1) is 0 Å². The number of allylic oxidation sites excluding steroid dienone is 2. The highest BCUT2D eigenvalue weighted by Crippen LogP contribution is 2.72. The molecule has 2 heteroatoms. The van der Waals surface area contributed by atoms with Crippen LogP contribution in [0, 0.1) is 39.4 Å².